The first kappa shape index (κ1) is 32.0. The number of unbranched alkanes of at least 4 members (excludes halogenated alkanes) is 1. The van der Waals surface area contributed by atoms with Crippen LogP contribution in [0.5, 0.6) is 0 Å². The quantitative estimate of drug-likeness (QED) is 0.383. The second-order valence-electron chi connectivity index (χ2n) is 8.94. The Morgan fingerprint density at radius 1 is 1.15 bits per heavy atom. The van der Waals surface area contributed by atoms with Gasteiger partial charge < -0.3 is 26.0 Å². The number of likely N-dealkylation sites (N-methyl/N-ethyl adjacent to an activating group) is 2. The third-order valence-corrected chi connectivity index (χ3v) is 6.56. The minimum Gasteiger partial charge on any atom is -0.374 e. The molecule has 0 radical (unpaired) electrons. The number of ether oxygens (including phenoxy) is 1. The number of nitrogens with two attached hydrogens (primary N) is 1. The molecule has 10 heteroatoms. The summed E-state index contributed by atoms with van der Waals surface area (Å²) in [5, 5.41) is 7.92. The maximum absolute atomic E-state index is 12.7. The molecule has 3 unspecified atom stereocenters. The number of rotatable bonds is 13. The molecule has 1 aromatic heterocycles. The fraction of sp³-hybridized carbons (Fsp3) is 0.750. The van der Waals surface area contributed by atoms with Crippen molar-refractivity contribution in [2.45, 2.75) is 79.0 Å². The molecule has 0 fully saturated rings. The number of methoxy groups -OCH3 is 1. The molecule has 3 amide bonds. The van der Waals surface area contributed by atoms with E-state index >= 15 is 0 Å². The Kier molecular flexibility index (Phi) is 15.6. The molecule has 0 bridgehead atoms. The zero-order valence-electron chi connectivity index (χ0n) is 22.3. The fourth-order valence-electron chi connectivity index (χ4n) is 3.29. The van der Waals surface area contributed by atoms with Gasteiger partial charge in [0.1, 0.15) is 16.8 Å². The van der Waals surface area contributed by atoms with Crippen LogP contribution in [-0.2, 0) is 14.3 Å². The van der Waals surface area contributed by atoms with Crippen molar-refractivity contribution in [3.8, 4) is 0 Å². The summed E-state index contributed by atoms with van der Waals surface area (Å²) in [6.07, 6.45) is 2.76. The number of thiazole rings is 1. The van der Waals surface area contributed by atoms with Gasteiger partial charge in [0.25, 0.3) is 5.91 Å². The highest BCUT2D eigenvalue weighted by Crippen LogP contribution is 2.29. The third kappa shape index (κ3) is 10.5. The van der Waals surface area contributed by atoms with Crippen LogP contribution in [0.25, 0.3) is 0 Å². The number of hydrogen-bond acceptors (Lipinski definition) is 7. The molecular weight excluding hydrogens is 454 g/mol. The van der Waals surface area contributed by atoms with E-state index < -0.39 is 5.91 Å². The molecule has 0 aliphatic heterocycles. The molecule has 196 valence electrons. The zero-order chi connectivity index (χ0) is 26.4. The Bertz CT molecular complexity index is 751. The Hall–Kier alpha value is -2.04. The minimum absolute atomic E-state index is 0.0792. The molecule has 0 saturated heterocycles. The second-order valence-corrected chi connectivity index (χ2v) is 9.83. The van der Waals surface area contributed by atoms with E-state index in [1.807, 2.05) is 27.7 Å². The molecule has 4 N–H and O–H groups in total. The number of nitrogens with zero attached hydrogens (tertiary/aromatic N) is 2. The number of hydrogen-bond donors (Lipinski definition) is 3. The van der Waals surface area contributed by atoms with Crippen LogP contribution >= 0.6 is 11.3 Å². The van der Waals surface area contributed by atoms with Crippen molar-refractivity contribution in [2.75, 3.05) is 27.7 Å². The summed E-state index contributed by atoms with van der Waals surface area (Å²) < 4.78 is 5.59. The SMILES string of the molecule is CCCC.CNC(C(=O)NCC(=O)N(C)C(CC(OC)c1nc(C(N)=O)cs1)C(C)C)C(C)C. The number of carbonyl (C=O) groups is 3. The summed E-state index contributed by atoms with van der Waals surface area (Å²) in [7, 11) is 5.01. The van der Waals surface area contributed by atoms with Crippen molar-refractivity contribution in [2.24, 2.45) is 17.6 Å². The van der Waals surface area contributed by atoms with E-state index in [0.717, 1.165) is 0 Å². The average Bonchev–Trinajstić information content (AvgIpc) is 3.28. The second kappa shape index (κ2) is 16.6. The van der Waals surface area contributed by atoms with Gasteiger partial charge in [0.05, 0.1) is 12.6 Å². The number of amides is 3. The van der Waals surface area contributed by atoms with Crippen LogP contribution < -0.4 is 16.4 Å². The standard InChI is InChI=1S/C20H35N5O4S.C4H10/c1-11(2)14(8-15(29-7)20-24-13(10-30-20)18(21)27)25(6)16(26)9-23-19(28)17(22-5)12(3)4;1-3-4-2/h10-12,14-15,17,22H,8-9H2,1-7H3,(H2,21,27)(H,23,28);3-4H2,1-2H3. The predicted molar refractivity (Wildman–Crippen MR) is 138 cm³/mol. The van der Waals surface area contributed by atoms with Gasteiger partial charge >= 0.3 is 0 Å². The van der Waals surface area contributed by atoms with E-state index in [-0.39, 0.29) is 54.1 Å². The Morgan fingerprint density at radius 3 is 2.12 bits per heavy atom. The Balaban J connectivity index is 0.00000251. The first-order valence-corrected chi connectivity index (χ1v) is 12.8. The monoisotopic (exact) mass is 499 g/mol. The summed E-state index contributed by atoms with van der Waals surface area (Å²) in [5.74, 6) is -0.725. The van der Waals surface area contributed by atoms with E-state index in [2.05, 4.69) is 29.5 Å². The first-order valence-electron chi connectivity index (χ1n) is 11.9. The van der Waals surface area contributed by atoms with Crippen LogP contribution in [0.2, 0.25) is 0 Å². The van der Waals surface area contributed by atoms with Gasteiger partial charge in [-0.05, 0) is 18.9 Å². The summed E-state index contributed by atoms with van der Waals surface area (Å²) in [6.45, 7) is 12.2. The lowest BCUT2D eigenvalue weighted by atomic mass is 9.96. The number of primary amides is 1. The Morgan fingerprint density at radius 2 is 1.74 bits per heavy atom. The van der Waals surface area contributed by atoms with Gasteiger partial charge in [-0.3, -0.25) is 14.4 Å². The van der Waals surface area contributed by atoms with Crippen molar-refractivity contribution in [1.29, 1.82) is 0 Å². The molecule has 1 rings (SSSR count). The zero-order valence-corrected chi connectivity index (χ0v) is 23.1. The van der Waals surface area contributed by atoms with Crippen molar-refractivity contribution < 1.29 is 19.1 Å². The molecule has 0 aliphatic rings. The van der Waals surface area contributed by atoms with Crippen LogP contribution in [0.15, 0.2) is 5.38 Å². The predicted octanol–water partition coefficient (Wildman–Crippen LogP) is 2.97. The molecular formula is C24H45N5O4S. The third-order valence-electron chi connectivity index (χ3n) is 5.62. The van der Waals surface area contributed by atoms with Gasteiger partial charge in [-0.2, -0.15) is 0 Å². The minimum atomic E-state index is -0.586. The van der Waals surface area contributed by atoms with Gasteiger partial charge in [0, 0.05) is 32.0 Å². The largest absolute Gasteiger partial charge is 0.374 e. The van der Waals surface area contributed by atoms with E-state index in [0.29, 0.717) is 11.4 Å². The Labute approximate surface area is 209 Å². The maximum Gasteiger partial charge on any atom is 0.268 e. The molecule has 34 heavy (non-hydrogen) atoms. The van der Waals surface area contributed by atoms with Crippen LogP contribution in [0.4, 0.5) is 0 Å². The van der Waals surface area contributed by atoms with E-state index in [4.69, 9.17) is 10.5 Å². The molecule has 0 aliphatic carbocycles. The smallest absolute Gasteiger partial charge is 0.268 e. The molecule has 1 aromatic rings. The summed E-state index contributed by atoms with van der Waals surface area (Å²) in [5.41, 5.74) is 5.49. The lowest BCUT2D eigenvalue weighted by molar-refractivity contribution is -0.135. The van der Waals surface area contributed by atoms with Crippen LogP contribution in [-0.4, -0.2) is 67.4 Å². The summed E-state index contributed by atoms with van der Waals surface area (Å²) in [4.78, 5) is 42.3. The summed E-state index contributed by atoms with van der Waals surface area (Å²) in [6, 6.07) is -0.503. The molecule has 0 saturated carbocycles. The van der Waals surface area contributed by atoms with Gasteiger partial charge in [-0.25, -0.2) is 4.98 Å². The van der Waals surface area contributed by atoms with Gasteiger partial charge in [-0.1, -0.05) is 54.4 Å². The van der Waals surface area contributed by atoms with Gasteiger partial charge in [-0.15, -0.1) is 11.3 Å². The van der Waals surface area contributed by atoms with Crippen LogP contribution in [0.1, 0.15) is 82.4 Å². The van der Waals surface area contributed by atoms with Gasteiger partial charge in [0.15, 0.2) is 0 Å². The van der Waals surface area contributed by atoms with E-state index in [9.17, 15) is 14.4 Å². The van der Waals surface area contributed by atoms with Crippen molar-refractivity contribution in [3.05, 3.63) is 16.1 Å². The summed E-state index contributed by atoms with van der Waals surface area (Å²) >= 11 is 1.30. The van der Waals surface area contributed by atoms with Crippen LogP contribution in [0.3, 0.4) is 0 Å². The number of carbonyl (C=O) groups excluding carboxylic acids is 3. The molecule has 9 nitrogen and oxygen atoms in total. The van der Waals surface area contributed by atoms with E-state index in [1.54, 1.807) is 31.5 Å². The van der Waals surface area contributed by atoms with Gasteiger partial charge in [0.2, 0.25) is 11.8 Å². The number of aromatic nitrogens is 1. The normalized spacial score (nSPS) is 13.6. The molecule has 3 atom stereocenters. The molecule has 1 heterocycles. The molecule has 0 spiro atoms. The average molecular weight is 500 g/mol. The topological polar surface area (TPSA) is 127 Å². The fourth-order valence-corrected chi connectivity index (χ4v) is 4.19. The lowest BCUT2D eigenvalue weighted by Crippen LogP contribution is -2.50. The van der Waals surface area contributed by atoms with Crippen LogP contribution in [0, 0.1) is 11.8 Å². The highest BCUT2D eigenvalue weighted by molar-refractivity contribution is 7.09. The van der Waals surface area contributed by atoms with Crippen molar-refractivity contribution in [3.63, 3.8) is 0 Å². The van der Waals surface area contributed by atoms with Crippen molar-refractivity contribution in [1.82, 2.24) is 20.5 Å². The maximum atomic E-state index is 12.7. The highest BCUT2D eigenvalue weighted by atomic mass is 32.1. The molecule has 0 aromatic carbocycles. The van der Waals surface area contributed by atoms with E-state index in [1.165, 1.54) is 24.2 Å². The lowest BCUT2D eigenvalue weighted by Gasteiger charge is -2.33. The number of nitrogens with one attached hydrogen (secondary N) is 2. The highest BCUT2D eigenvalue weighted by Gasteiger charge is 2.29. The first-order chi connectivity index (χ1) is 15.9. The van der Waals surface area contributed by atoms with Crippen molar-refractivity contribution >= 4 is 29.1 Å².